The Morgan fingerprint density at radius 3 is 2.47 bits per heavy atom. The van der Waals surface area contributed by atoms with Crippen LogP contribution in [0.1, 0.15) is 58.3 Å². The quantitative estimate of drug-likeness (QED) is 0.700. The van der Waals surface area contributed by atoms with Gasteiger partial charge in [-0.3, -0.25) is 4.79 Å². The zero-order chi connectivity index (χ0) is 10.7. The average molecular weight is 210 g/mol. The molecule has 0 saturated heterocycles. The fraction of sp³-hybridized carbons (Fsp3) is 0.923. The maximum Gasteiger partial charge on any atom is 0.133 e. The van der Waals surface area contributed by atoms with Crippen LogP contribution < -0.4 is 0 Å². The first-order valence-corrected chi connectivity index (χ1v) is 6.41. The highest BCUT2D eigenvalue weighted by atomic mass is 16.5. The van der Waals surface area contributed by atoms with E-state index >= 15 is 0 Å². The highest BCUT2D eigenvalue weighted by Gasteiger charge is 2.25. The van der Waals surface area contributed by atoms with Gasteiger partial charge in [0.25, 0.3) is 0 Å². The zero-order valence-electron chi connectivity index (χ0n) is 9.71. The average Bonchev–Trinajstić information content (AvgIpc) is 2.22. The van der Waals surface area contributed by atoms with Gasteiger partial charge in [-0.1, -0.05) is 19.8 Å². The van der Waals surface area contributed by atoms with Gasteiger partial charge in [-0.2, -0.15) is 0 Å². The van der Waals surface area contributed by atoms with Gasteiger partial charge >= 0.3 is 0 Å². The van der Waals surface area contributed by atoms with E-state index in [-0.39, 0.29) is 0 Å². The van der Waals surface area contributed by atoms with Crippen molar-refractivity contribution in [1.82, 2.24) is 0 Å². The molecule has 0 aliphatic heterocycles. The van der Waals surface area contributed by atoms with E-state index in [4.69, 9.17) is 4.74 Å². The molecule has 2 aliphatic carbocycles. The summed E-state index contributed by atoms with van der Waals surface area (Å²) >= 11 is 0. The lowest BCUT2D eigenvalue weighted by molar-refractivity contribution is -0.125. The molecule has 0 heterocycles. The molecule has 2 atom stereocenters. The molecular formula is C13H22O2. The zero-order valence-corrected chi connectivity index (χ0v) is 9.71. The van der Waals surface area contributed by atoms with Crippen molar-refractivity contribution in [2.75, 3.05) is 0 Å². The predicted molar refractivity (Wildman–Crippen MR) is 59.8 cm³/mol. The van der Waals surface area contributed by atoms with Gasteiger partial charge in [-0.25, -0.2) is 0 Å². The Labute approximate surface area is 92.4 Å². The minimum atomic E-state index is 0.373. The van der Waals surface area contributed by atoms with Crippen LogP contribution in [0.25, 0.3) is 0 Å². The summed E-state index contributed by atoms with van der Waals surface area (Å²) in [6.07, 6.45) is 9.40. The maximum absolute atomic E-state index is 11.1. The van der Waals surface area contributed by atoms with Gasteiger partial charge in [0.15, 0.2) is 0 Å². The molecule has 0 amide bonds. The second-order valence-corrected chi connectivity index (χ2v) is 5.27. The summed E-state index contributed by atoms with van der Waals surface area (Å²) in [6, 6.07) is 0. The van der Waals surface area contributed by atoms with Crippen molar-refractivity contribution in [3.05, 3.63) is 0 Å². The molecule has 2 aliphatic rings. The fourth-order valence-corrected chi connectivity index (χ4v) is 2.82. The Bertz CT molecular complexity index is 215. The molecule has 2 heteroatoms. The minimum absolute atomic E-state index is 0.373. The minimum Gasteiger partial charge on any atom is -0.375 e. The monoisotopic (exact) mass is 210 g/mol. The number of carbonyl (C=O) groups is 1. The molecule has 0 spiro atoms. The summed E-state index contributed by atoms with van der Waals surface area (Å²) in [7, 11) is 0. The van der Waals surface area contributed by atoms with Crippen LogP contribution in [0.2, 0.25) is 0 Å². The normalized spacial score (nSPS) is 34.3. The highest BCUT2D eigenvalue weighted by Crippen LogP contribution is 2.29. The Hall–Kier alpha value is -0.370. The molecule has 15 heavy (non-hydrogen) atoms. The third-order valence-electron chi connectivity index (χ3n) is 3.76. The van der Waals surface area contributed by atoms with E-state index in [0.29, 0.717) is 18.0 Å². The summed E-state index contributed by atoms with van der Waals surface area (Å²) in [4.78, 5) is 11.1. The molecule has 0 N–H and O–H groups in total. The summed E-state index contributed by atoms with van der Waals surface area (Å²) in [5.41, 5.74) is 0. The lowest BCUT2D eigenvalue weighted by Crippen LogP contribution is -2.29. The lowest BCUT2D eigenvalue weighted by atomic mass is 9.88. The van der Waals surface area contributed by atoms with Crippen molar-refractivity contribution in [3.8, 4) is 0 Å². The van der Waals surface area contributed by atoms with E-state index in [1.807, 2.05) is 0 Å². The second kappa shape index (κ2) is 5.11. The lowest BCUT2D eigenvalue weighted by Gasteiger charge is -2.31. The molecule has 0 bridgehead atoms. The van der Waals surface area contributed by atoms with Crippen molar-refractivity contribution >= 4 is 5.78 Å². The van der Waals surface area contributed by atoms with E-state index in [1.165, 1.54) is 25.7 Å². The Morgan fingerprint density at radius 1 is 1.07 bits per heavy atom. The van der Waals surface area contributed by atoms with Gasteiger partial charge in [0, 0.05) is 12.8 Å². The SMILES string of the molecule is CC1CCCC(OC2CCC(=O)CC2)C1. The molecule has 0 aromatic carbocycles. The van der Waals surface area contributed by atoms with Crippen molar-refractivity contribution < 1.29 is 9.53 Å². The van der Waals surface area contributed by atoms with Crippen molar-refractivity contribution in [2.24, 2.45) is 5.92 Å². The molecule has 0 aromatic rings. The maximum atomic E-state index is 11.1. The molecule has 0 aromatic heterocycles. The number of ether oxygens (including phenoxy) is 1. The topological polar surface area (TPSA) is 26.3 Å². The van der Waals surface area contributed by atoms with E-state index in [2.05, 4.69) is 6.92 Å². The third kappa shape index (κ3) is 3.30. The predicted octanol–water partition coefficient (Wildman–Crippen LogP) is 3.09. The molecule has 2 fully saturated rings. The highest BCUT2D eigenvalue weighted by molar-refractivity contribution is 5.79. The second-order valence-electron chi connectivity index (χ2n) is 5.27. The first-order chi connectivity index (χ1) is 7.24. The molecule has 86 valence electrons. The van der Waals surface area contributed by atoms with Crippen LogP contribution in [0.4, 0.5) is 0 Å². The van der Waals surface area contributed by atoms with E-state index < -0.39 is 0 Å². The first kappa shape index (κ1) is 11.1. The van der Waals surface area contributed by atoms with Crippen molar-refractivity contribution in [2.45, 2.75) is 70.5 Å². The number of rotatable bonds is 2. The third-order valence-corrected chi connectivity index (χ3v) is 3.76. The molecule has 2 rings (SSSR count). The summed E-state index contributed by atoms with van der Waals surface area (Å²) < 4.78 is 6.10. The Kier molecular flexibility index (Phi) is 3.79. The largest absolute Gasteiger partial charge is 0.375 e. The number of hydrogen-bond acceptors (Lipinski definition) is 2. The number of Topliss-reactive ketones (excluding diaryl/α,β-unsaturated/α-hetero) is 1. The molecule has 2 nitrogen and oxygen atoms in total. The van der Waals surface area contributed by atoms with Gasteiger partial charge in [0.1, 0.15) is 5.78 Å². The molecular weight excluding hydrogens is 188 g/mol. The smallest absolute Gasteiger partial charge is 0.133 e. The molecule has 0 radical (unpaired) electrons. The first-order valence-electron chi connectivity index (χ1n) is 6.41. The molecule has 2 saturated carbocycles. The van der Waals surface area contributed by atoms with E-state index in [0.717, 1.165) is 31.6 Å². The van der Waals surface area contributed by atoms with E-state index in [1.54, 1.807) is 0 Å². The van der Waals surface area contributed by atoms with E-state index in [9.17, 15) is 4.79 Å². The number of carbonyl (C=O) groups excluding carboxylic acids is 1. The van der Waals surface area contributed by atoms with Crippen LogP contribution in [-0.2, 0) is 9.53 Å². The fourth-order valence-electron chi connectivity index (χ4n) is 2.82. The number of ketones is 1. The Morgan fingerprint density at radius 2 is 1.80 bits per heavy atom. The Balaban J connectivity index is 1.74. The summed E-state index contributed by atoms with van der Waals surface area (Å²) in [5.74, 6) is 1.25. The van der Waals surface area contributed by atoms with Crippen LogP contribution in [-0.4, -0.2) is 18.0 Å². The summed E-state index contributed by atoms with van der Waals surface area (Å²) in [5, 5.41) is 0. The van der Waals surface area contributed by atoms with Gasteiger partial charge in [0.2, 0.25) is 0 Å². The standard InChI is InChI=1S/C13H22O2/c1-10-3-2-4-13(9-10)15-12-7-5-11(14)6-8-12/h10,12-13H,2-9H2,1H3. The van der Waals surface area contributed by atoms with Crippen LogP contribution >= 0.6 is 0 Å². The van der Waals surface area contributed by atoms with Gasteiger partial charge < -0.3 is 4.74 Å². The summed E-state index contributed by atoms with van der Waals surface area (Å²) in [6.45, 7) is 2.32. The van der Waals surface area contributed by atoms with Crippen molar-refractivity contribution in [3.63, 3.8) is 0 Å². The molecule has 2 unspecified atom stereocenters. The van der Waals surface area contributed by atoms with Gasteiger partial charge in [-0.15, -0.1) is 0 Å². The van der Waals surface area contributed by atoms with Crippen LogP contribution in [0.5, 0.6) is 0 Å². The van der Waals surface area contributed by atoms with Crippen LogP contribution in [0.3, 0.4) is 0 Å². The van der Waals surface area contributed by atoms with Crippen LogP contribution in [0.15, 0.2) is 0 Å². The van der Waals surface area contributed by atoms with Crippen molar-refractivity contribution in [1.29, 1.82) is 0 Å². The van der Waals surface area contributed by atoms with Crippen LogP contribution in [0, 0.1) is 5.92 Å². The number of hydrogen-bond donors (Lipinski definition) is 0. The van der Waals surface area contributed by atoms with Gasteiger partial charge in [-0.05, 0) is 31.6 Å². The van der Waals surface area contributed by atoms with Gasteiger partial charge in [0.05, 0.1) is 12.2 Å².